The van der Waals surface area contributed by atoms with Gasteiger partial charge in [0.2, 0.25) is 0 Å². The van der Waals surface area contributed by atoms with E-state index in [2.05, 4.69) is 15.9 Å². The third kappa shape index (κ3) is 4.75. The Labute approximate surface area is 98.5 Å². The normalized spacial score (nSPS) is 13.1. The summed E-state index contributed by atoms with van der Waals surface area (Å²) in [6, 6.07) is 8.04. The monoisotopic (exact) mass is 273 g/mol. The fourth-order valence-electron chi connectivity index (χ4n) is 1.43. The highest BCUT2D eigenvalue weighted by molar-refractivity contribution is 9.10. The van der Waals surface area contributed by atoms with E-state index in [9.17, 15) is 5.11 Å². The number of rotatable bonds is 5. The second kappa shape index (κ2) is 6.23. The number of aliphatic hydroxyl groups is 2. The standard InChI is InChI=1S/C11H16BrNO2/c1-13(7-11(15)8-14)6-9-3-2-4-10(12)5-9/h2-5,11,14-15H,6-8H2,1H3. The van der Waals surface area contributed by atoms with Gasteiger partial charge in [0.05, 0.1) is 12.7 Å². The molecule has 0 aliphatic carbocycles. The minimum Gasteiger partial charge on any atom is -0.394 e. The summed E-state index contributed by atoms with van der Waals surface area (Å²) in [5.41, 5.74) is 1.18. The number of halogens is 1. The lowest BCUT2D eigenvalue weighted by atomic mass is 10.2. The van der Waals surface area contributed by atoms with Crippen molar-refractivity contribution >= 4 is 15.9 Å². The van der Waals surface area contributed by atoms with Crippen molar-refractivity contribution in [1.82, 2.24) is 4.90 Å². The molecule has 1 aromatic rings. The summed E-state index contributed by atoms with van der Waals surface area (Å²) in [7, 11) is 1.92. The van der Waals surface area contributed by atoms with Gasteiger partial charge in [-0.1, -0.05) is 28.1 Å². The molecule has 1 aromatic carbocycles. The summed E-state index contributed by atoms with van der Waals surface area (Å²) in [4.78, 5) is 1.97. The molecule has 84 valence electrons. The molecule has 2 N–H and O–H groups in total. The number of nitrogens with zero attached hydrogens (tertiary/aromatic N) is 1. The van der Waals surface area contributed by atoms with Gasteiger partial charge >= 0.3 is 0 Å². The van der Waals surface area contributed by atoms with Gasteiger partial charge in [0.1, 0.15) is 0 Å². The van der Waals surface area contributed by atoms with Gasteiger partial charge in [0.25, 0.3) is 0 Å². The predicted octanol–water partition coefficient (Wildman–Crippen LogP) is 1.23. The summed E-state index contributed by atoms with van der Waals surface area (Å²) in [5.74, 6) is 0. The number of aliphatic hydroxyl groups excluding tert-OH is 2. The maximum Gasteiger partial charge on any atom is 0.0897 e. The second-order valence-electron chi connectivity index (χ2n) is 3.66. The maximum atomic E-state index is 9.26. The van der Waals surface area contributed by atoms with Crippen LogP contribution in [0.15, 0.2) is 28.7 Å². The lowest BCUT2D eigenvalue weighted by Crippen LogP contribution is -2.30. The quantitative estimate of drug-likeness (QED) is 0.849. The topological polar surface area (TPSA) is 43.7 Å². The van der Waals surface area contributed by atoms with Gasteiger partial charge in [-0.15, -0.1) is 0 Å². The van der Waals surface area contributed by atoms with Crippen LogP contribution in [-0.2, 0) is 6.54 Å². The van der Waals surface area contributed by atoms with Crippen molar-refractivity contribution < 1.29 is 10.2 Å². The summed E-state index contributed by atoms with van der Waals surface area (Å²) < 4.78 is 1.05. The molecule has 0 saturated heterocycles. The SMILES string of the molecule is CN(Cc1cccc(Br)c1)CC(O)CO. The minimum atomic E-state index is -0.665. The molecule has 0 aliphatic heterocycles. The van der Waals surface area contributed by atoms with Crippen LogP contribution in [0.3, 0.4) is 0 Å². The predicted molar refractivity (Wildman–Crippen MR) is 63.6 cm³/mol. The zero-order valence-corrected chi connectivity index (χ0v) is 10.3. The zero-order valence-electron chi connectivity index (χ0n) is 8.73. The third-order valence-electron chi connectivity index (χ3n) is 2.07. The highest BCUT2D eigenvalue weighted by Crippen LogP contribution is 2.12. The molecule has 0 spiro atoms. The lowest BCUT2D eigenvalue weighted by molar-refractivity contribution is 0.0648. The van der Waals surface area contributed by atoms with Crippen LogP contribution in [0.2, 0.25) is 0 Å². The first kappa shape index (κ1) is 12.6. The molecule has 0 fully saturated rings. The number of hydrogen-bond donors (Lipinski definition) is 2. The van der Waals surface area contributed by atoms with Gasteiger partial charge in [-0.05, 0) is 24.7 Å². The van der Waals surface area contributed by atoms with Crippen LogP contribution in [-0.4, -0.2) is 41.4 Å². The van der Waals surface area contributed by atoms with Crippen LogP contribution in [0.4, 0.5) is 0 Å². The van der Waals surface area contributed by atoms with E-state index in [0.717, 1.165) is 11.0 Å². The molecular formula is C11H16BrNO2. The van der Waals surface area contributed by atoms with Gasteiger partial charge in [0, 0.05) is 17.6 Å². The first-order valence-corrected chi connectivity index (χ1v) is 5.63. The Bertz CT molecular complexity index is 306. The molecule has 0 saturated carbocycles. The molecule has 1 unspecified atom stereocenters. The number of benzene rings is 1. The Hall–Kier alpha value is -0.420. The van der Waals surface area contributed by atoms with E-state index in [1.165, 1.54) is 5.56 Å². The molecule has 0 amide bonds. The lowest BCUT2D eigenvalue weighted by Gasteiger charge is -2.19. The fraction of sp³-hybridized carbons (Fsp3) is 0.455. The molecule has 3 nitrogen and oxygen atoms in total. The van der Waals surface area contributed by atoms with E-state index in [1.54, 1.807) is 0 Å². The Balaban J connectivity index is 2.47. The molecule has 1 rings (SSSR count). The van der Waals surface area contributed by atoms with E-state index in [0.29, 0.717) is 6.54 Å². The molecule has 15 heavy (non-hydrogen) atoms. The molecule has 0 bridgehead atoms. The Morgan fingerprint density at radius 3 is 2.80 bits per heavy atom. The first-order valence-electron chi connectivity index (χ1n) is 4.83. The smallest absolute Gasteiger partial charge is 0.0897 e. The third-order valence-corrected chi connectivity index (χ3v) is 2.57. The van der Waals surface area contributed by atoms with E-state index in [-0.39, 0.29) is 6.61 Å². The van der Waals surface area contributed by atoms with Crippen LogP contribution >= 0.6 is 15.9 Å². The Morgan fingerprint density at radius 1 is 1.47 bits per heavy atom. The number of likely N-dealkylation sites (N-methyl/N-ethyl adjacent to an activating group) is 1. The molecule has 4 heteroatoms. The van der Waals surface area contributed by atoms with Gasteiger partial charge in [-0.3, -0.25) is 4.90 Å². The molecule has 1 atom stereocenters. The second-order valence-corrected chi connectivity index (χ2v) is 4.58. The average molecular weight is 274 g/mol. The van der Waals surface area contributed by atoms with Crippen LogP contribution in [0.5, 0.6) is 0 Å². The van der Waals surface area contributed by atoms with E-state index >= 15 is 0 Å². The average Bonchev–Trinajstić information content (AvgIpc) is 2.17. The summed E-state index contributed by atoms with van der Waals surface area (Å²) in [5, 5.41) is 18.0. The Morgan fingerprint density at radius 2 is 2.20 bits per heavy atom. The summed E-state index contributed by atoms with van der Waals surface area (Å²) in [6.45, 7) is 1.04. The van der Waals surface area contributed by atoms with E-state index < -0.39 is 6.10 Å². The van der Waals surface area contributed by atoms with Gasteiger partial charge in [-0.25, -0.2) is 0 Å². The van der Waals surface area contributed by atoms with Crippen LogP contribution in [0.25, 0.3) is 0 Å². The van der Waals surface area contributed by atoms with Gasteiger partial charge in [-0.2, -0.15) is 0 Å². The number of hydrogen-bond acceptors (Lipinski definition) is 3. The van der Waals surface area contributed by atoms with Gasteiger partial charge < -0.3 is 10.2 Å². The van der Waals surface area contributed by atoms with Crippen LogP contribution in [0, 0.1) is 0 Å². The molecule has 0 aliphatic rings. The van der Waals surface area contributed by atoms with Crippen LogP contribution < -0.4 is 0 Å². The molecular weight excluding hydrogens is 258 g/mol. The minimum absolute atomic E-state index is 0.192. The van der Waals surface area contributed by atoms with Crippen molar-refractivity contribution in [2.45, 2.75) is 12.6 Å². The highest BCUT2D eigenvalue weighted by Gasteiger charge is 2.07. The highest BCUT2D eigenvalue weighted by atomic mass is 79.9. The first-order chi connectivity index (χ1) is 7.11. The molecule has 0 heterocycles. The van der Waals surface area contributed by atoms with Crippen molar-refractivity contribution in [1.29, 1.82) is 0 Å². The van der Waals surface area contributed by atoms with Crippen molar-refractivity contribution in [3.63, 3.8) is 0 Å². The largest absolute Gasteiger partial charge is 0.394 e. The van der Waals surface area contributed by atoms with E-state index in [1.807, 2.05) is 36.2 Å². The van der Waals surface area contributed by atoms with Crippen LogP contribution in [0.1, 0.15) is 5.56 Å². The summed E-state index contributed by atoms with van der Waals surface area (Å²) in [6.07, 6.45) is -0.665. The van der Waals surface area contributed by atoms with Crippen molar-refractivity contribution in [2.24, 2.45) is 0 Å². The summed E-state index contributed by atoms with van der Waals surface area (Å²) >= 11 is 3.41. The fourth-order valence-corrected chi connectivity index (χ4v) is 1.88. The zero-order chi connectivity index (χ0) is 11.3. The van der Waals surface area contributed by atoms with Crippen molar-refractivity contribution in [3.05, 3.63) is 34.3 Å². The van der Waals surface area contributed by atoms with Crippen molar-refractivity contribution in [3.8, 4) is 0 Å². The van der Waals surface area contributed by atoms with Gasteiger partial charge in [0.15, 0.2) is 0 Å². The van der Waals surface area contributed by atoms with E-state index in [4.69, 9.17) is 5.11 Å². The maximum absolute atomic E-state index is 9.26. The molecule has 0 radical (unpaired) electrons. The molecule has 0 aromatic heterocycles. The Kier molecular flexibility index (Phi) is 5.25. The van der Waals surface area contributed by atoms with Crippen molar-refractivity contribution in [2.75, 3.05) is 20.2 Å².